The third-order valence-electron chi connectivity index (χ3n) is 11.3. The van der Waals surface area contributed by atoms with Gasteiger partial charge in [-0.2, -0.15) is 0 Å². The smallest absolute Gasteiger partial charge is 0.302 e. The van der Waals surface area contributed by atoms with Crippen LogP contribution in [0.5, 0.6) is 0 Å². The minimum absolute atomic E-state index is 0.234. The number of nitrogens with two attached hydrogens (primary N) is 1. The van der Waals surface area contributed by atoms with Crippen molar-refractivity contribution in [1.82, 2.24) is 34.9 Å². The molecule has 59 heavy (non-hydrogen) atoms. The van der Waals surface area contributed by atoms with Crippen molar-refractivity contribution >= 4 is 28.8 Å². The van der Waals surface area contributed by atoms with Gasteiger partial charge in [-0.1, -0.05) is 33.8 Å². The lowest BCUT2D eigenvalue weighted by Gasteiger charge is -2.36. The summed E-state index contributed by atoms with van der Waals surface area (Å²) < 4.78 is 13.9. The number of anilines is 1. The van der Waals surface area contributed by atoms with Gasteiger partial charge in [0, 0.05) is 113 Å². The molecule has 13 heteroatoms. The maximum atomic E-state index is 11.9. The summed E-state index contributed by atoms with van der Waals surface area (Å²) in [6.45, 7) is 21.4. The predicted octanol–water partition coefficient (Wildman–Crippen LogP) is 6.62. The Morgan fingerprint density at radius 2 is 1.81 bits per heavy atom. The zero-order valence-electron chi connectivity index (χ0n) is 37.1. The first-order valence-corrected chi connectivity index (χ1v) is 21.7. The van der Waals surface area contributed by atoms with E-state index >= 15 is 0 Å². The first-order chi connectivity index (χ1) is 28.4. The van der Waals surface area contributed by atoms with Crippen molar-refractivity contribution in [2.75, 3.05) is 64.9 Å². The van der Waals surface area contributed by atoms with Crippen LogP contribution in [0.3, 0.4) is 0 Å². The number of aromatic nitrogens is 4. The molecule has 2 atom stereocenters. The molecule has 2 saturated heterocycles. The van der Waals surface area contributed by atoms with E-state index in [9.17, 15) is 9.59 Å². The van der Waals surface area contributed by atoms with Crippen molar-refractivity contribution in [3.8, 4) is 22.5 Å². The number of hydrazine groups is 1. The Morgan fingerprint density at radius 3 is 2.41 bits per heavy atom. The van der Waals surface area contributed by atoms with Gasteiger partial charge in [0.25, 0.3) is 0 Å². The summed E-state index contributed by atoms with van der Waals surface area (Å²) >= 11 is 0. The molecule has 3 N–H and O–H groups in total. The molecular weight excluding hydrogens is 743 g/mol. The molecular formula is C46H69N9O4. The van der Waals surface area contributed by atoms with Crippen LogP contribution < -0.4 is 16.1 Å². The van der Waals surface area contributed by atoms with Gasteiger partial charge in [0.15, 0.2) is 0 Å². The highest BCUT2D eigenvalue weighted by molar-refractivity contribution is 5.95. The molecule has 13 nitrogen and oxygen atoms in total. The Morgan fingerprint density at radius 1 is 1.07 bits per heavy atom. The minimum atomic E-state index is -0.635. The number of hydrogen-bond acceptors (Lipinski definition) is 12. The van der Waals surface area contributed by atoms with E-state index in [2.05, 4.69) is 81.9 Å². The largest absolute Gasteiger partial charge is 0.465 e. The van der Waals surface area contributed by atoms with Crippen LogP contribution in [0.1, 0.15) is 97.2 Å². The molecule has 4 aromatic rings. The van der Waals surface area contributed by atoms with Gasteiger partial charge in [-0.15, -0.1) is 0 Å². The summed E-state index contributed by atoms with van der Waals surface area (Å²) in [5.74, 6) is -0.292. The van der Waals surface area contributed by atoms with Crippen molar-refractivity contribution in [1.29, 1.82) is 0 Å². The summed E-state index contributed by atoms with van der Waals surface area (Å²) in [4.78, 5) is 42.6. The van der Waals surface area contributed by atoms with E-state index in [4.69, 9.17) is 25.2 Å². The molecule has 322 valence electrons. The summed E-state index contributed by atoms with van der Waals surface area (Å²) in [5, 5.41) is 3.23. The molecule has 5 heterocycles. The Balaban J connectivity index is 0.000000658. The van der Waals surface area contributed by atoms with Crippen molar-refractivity contribution < 1.29 is 19.1 Å². The molecule has 0 radical (unpaired) electrons. The van der Waals surface area contributed by atoms with E-state index in [-0.39, 0.29) is 24.1 Å². The van der Waals surface area contributed by atoms with E-state index < -0.39 is 6.04 Å². The lowest BCUT2D eigenvalue weighted by molar-refractivity contribution is -0.143. The quantitative estimate of drug-likeness (QED) is 0.104. The molecule has 0 amide bonds. The lowest BCUT2D eigenvalue weighted by Crippen LogP contribution is -2.47. The molecule has 2 unspecified atom stereocenters. The minimum Gasteiger partial charge on any atom is -0.465 e. The standard InChI is InChI=1S/C39H51N7O4.C5H12N2.C2H6/c1-7-46-36-11-8-27(35-22-41-20-29(43-35)17-28(40)23-47)16-32(36)34(19-39(4,5)24-50-26(3)48)38(46)33-18-31(21-42-37(33)25(2)49-6)45-14-12-44(13-15-45)30-9-10-30;1-7-5-3-2-4-6-7;1-2/h8,11,16,18,20-23,25,28,30H,7,9-10,12-15,17,19,24,40H2,1-6H3;6H,2-5H2,1H3;1-2H3. The number of nitrogens with one attached hydrogen (secondary N) is 1. The number of aryl methyl sites for hydroxylation is 1. The summed E-state index contributed by atoms with van der Waals surface area (Å²) in [6.07, 6.45) is 12.2. The van der Waals surface area contributed by atoms with Crippen LogP contribution in [0.25, 0.3) is 33.4 Å². The number of methoxy groups -OCH3 is 1. The SMILES string of the molecule is CC.CCn1c(-c2cc(N3CCN(C4CC4)CC3)cnc2C(C)OC)c(CC(C)(C)COC(C)=O)c2cc(-c3cncc(CC(N)C=O)n3)ccc21.CN1CCCCN1. The monoisotopic (exact) mass is 812 g/mol. The van der Waals surface area contributed by atoms with Crippen LogP contribution in [-0.4, -0.2) is 114 Å². The van der Waals surface area contributed by atoms with E-state index in [0.717, 1.165) is 96.3 Å². The van der Waals surface area contributed by atoms with Crippen molar-refractivity contribution in [3.05, 3.63) is 59.8 Å². The first kappa shape index (κ1) is 45.8. The van der Waals surface area contributed by atoms with Gasteiger partial charge < -0.3 is 29.5 Å². The number of hydrogen-bond donors (Lipinski definition) is 2. The third-order valence-corrected chi connectivity index (χ3v) is 11.3. The lowest BCUT2D eigenvalue weighted by atomic mass is 9.84. The Kier molecular flexibility index (Phi) is 16.5. The maximum Gasteiger partial charge on any atom is 0.302 e. The number of nitrogens with zero attached hydrogens (tertiary/aromatic N) is 7. The van der Waals surface area contributed by atoms with Crippen LogP contribution in [0.2, 0.25) is 0 Å². The van der Waals surface area contributed by atoms with Gasteiger partial charge >= 0.3 is 5.97 Å². The highest BCUT2D eigenvalue weighted by Crippen LogP contribution is 2.43. The zero-order chi connectivity index (χ0) is 42.7. The van der Waals surface area contributed by atoms with Gasteiger partial charge in [-0.25, -0.2) is 9.99 Å². The van der Waals surface area contributed by atoms with Gasteiger partial charge in [0.1, 0.15) is 6.29 Å². The van der Waals surface area contributed by atoms with Crippen LogP contribution in [0.15, 0.2) is 42.9 Å². The molecule has 1 aliphatic carbocycles. The van der Waals surface area contributed by atoms with Crippen molar-refractivity contribution in [2.45, 2.75) is 112 Å². The second-order valence-corrected chi connectivity index (χ2v) is 16.6. The van der Waals surface area contributed by atoms with E-state index in [1.807, 2.05) is 27.0 Å². The number of ether oxygens (including phenoxy) is 2. The summed E-state index contributed by atoms with van der Waals surface area (Å²) in [5.41, 5.74) is 17.4. The van der Waals surface area contributed by atoms with Crippen LogP contribution >= 0.6 is 0 Å². The number of carbonyl (C=O) groups is 2. The highest BCUT2D eigenvalue weighted by Gasteiger charge is 2.33. The number of piperazine rings is 1. The van der Waals surface area contributed by atoms with E-state index in [0.29, 0.717) is 24.2 Å². The second-order valence-electron chi connectivity index (χ2n) is 16.6. The Hall–Kier alpha value is -4.27. The summed E-state index contributed by atoms with van der Waals surface area (Å²) in [7, 11) is 3.81. The number of aldehydes is 1. The van der Waals surface area contributed by atoms with Crippen molar-refractivity contribution in [3.63, 3.8) is 0 Å². The molecule has 3 aromatic heterocycles. The fourth-order valence-electron chi connectivity index (χ4n) is 8.03. The molecule has 2 aliphatic heterocycles. The van der Waals surface area contributed by atoms with Gasteiger partial charge in [-0.05, 0) is 69.7 Å². The average Bonchev–Trinajstić information content (AvgIpc) is 4.07. The average molecular weight is 812 g/mol. The second kappa shape index (κ2) is 21.3. The van der Waals surface area contributed by atoms with Crippen molar-refractivity contribution in [2.24, 2.45) is 11.1 Å². The van der Waals surface area contributed by atoms with Gasteiger partial charge in [0.2, 0.25) is 0 Å². The maximum absolute atomic E-state index is 11.9. The number of esters is 1. The highest BCUT2D eigenvalue weighted by atomic mass is 16.5. The number of fused-ring (bicyclic) bond motifs is 1. The number of rotatable bonds is 14. The number of benzene rings is 1. The Labute approximate surface area is 352 Å². The van der Waals surface area contributed by atoms with Gasteiger partial charge in [-0.3, -0.25) is 25.1 Å². The summed E-state index contributed by atoms with van der Waals surface area (Å²) in [6, 6.07) is 8.85. The molecule has 1 saturated carbocycles. The molecule has 1 aromatic carbocycles. The molecule has 0 spiro atoms. The first-order valence-electron chi connectivity index (χ1n) is 21.7. The van der Waals surface area contributed by atoms with Crippen LogP contribution in [-0.2, 0) is 38.4 Å². The topological polar surface area (TPSA) is 144 Å². The fourth-order valence-corrected chi connectivity index (χ4v) is 8.03. The predicted molar refractivity (Wildman–Crippen MR) is 237 cm³/mol. The normalized spacial score (nSPS) is 17.4. The number of carbonyl (C=O) groups excluding carboxylic acids is 2. The fraction of sp³-hybridized carbons (Fsp3) is 0.587. The van der Waals surface area contributed by atoms with Gasteiger partial charge in [0.05, 0.1) is 59.6 Å². The van der Waals surface area contributed by atoms with Crippen LogP contribution in [0.4, 0.5) is 5.69 Å². The van der Waals surface area contributed by atoms with E-state index in [1.165, 1.54) is 39.2 Å². The Bertz CT molecular complexity index is 1980. The third kappa shape index (κ3) is 11.9. The molecule has 7 rings (SSSR count). The molecule has 3 fully saturated rings. The molecule has 0 bridgehead atoms. The van der Waals surface area contributed by atoms with Crippen LogP contribution in [0, 0.1) is 5.41 Å². The van der Waals surface area contributed by atoms with E-state index in [1.54, 1.807) is 19.5 Å². The molecule has 3 aliphatic rings. The zero-order valence-corrected chi connectivity index (χ0v) is 37.1. The number of pyridine rings is 1.